The molecule has 0 saturated carbocycles. The van der Waals surface area contributed by atoms with Gasteiger partial charge in [-0.05, 0) is 66.6 Å². The van der Waals surface area contributed by atoms with Crippen LogP contribution in [0.15, 0.2) is 69.9 Å². The first-order chi connectivity index (χ1) is 26.2. The summed E-state index contributed by atoms with van der Waals surface area (Å²) in [5, 5.41) is 95.1. The highest BCUT2D eigenvalue weighted by Crippen LogP contribution is 2.44. The van der Waals surface area contributed by atoms with Gasteiger partial charge in [-0.2, -0.15) is 0 Å². The van der Waals surface area contributed by atoms with Crippen LogP contribution in [0.1, 0.15) is 22.8 Å². The number of phenolic OH excluding ortho intramolecular Hbond substituents is 3. The van der Waals surface area contributed by atoms with Crippen molar-refractivity contribution in [1.29, 1.82) is 0 Å². The number of fused-ring (bicyclic) bond motifs is 1. The largest absolute Gasteiger partial charge is 0.508 e. The van der Waals surface area contributed by atoms with Crippen LogP contribution in [-0.4, -0.2) is 127 Å². The predicted octanol–water partition coefficient (Wildman–Crippen LogP) is 0.497. The number of aromatic hydroxyl groups is 3. The number of carbonyl (C=O) groups is 1. The van der Waals surface area contributed by atoms with Crippen molar-refractivity contribution in [2.24, 2.45) is 0 Å². The molecule has 2 aliphatic rings. The molecule has 55 heavy (non-hydrogen) atoms. The molecule has 0 radical (unpaired) electrons. The second kappa shape index (κ2) is 16.3. The van der Waals surface area contributed by atoms with Gasteiger partial charge in [-0.3, -0.25) is 4.79 Å². The number of aliphatic hydroxyl groups excluding tert-OH is 6. The number of carbonyl (C=O) groups excluding carboxylic acids is 1. The molecule has 0 spiro atoms. The third-order valence-electron chi connectivity index (χ3n) is 9.51. The lowest BCUT2D eigenvalue weighted by Gasteiger charge is -2.46. The van der Waals surface area contributed by atoms with Crippen LogP contribution in [0.4, 0.5) is 0 Å². The van der Waals surface area contributed by atoms with Crippen molar-refractivity contribution in [3.05, 3.63) is 87.6 Å². The van der Waals surface area contributed by atoms with Crippen LogP contribution >= 0.6 is 0 Å². The molecular formula is C38H40O17. The van der Waals surface area contributed by atoms with E-state index < -0.39 is 91.6 Å². The van der Waals surface area contributed by atoms with Crippen molar-refractivity contribution in [2.75, 3.05) is 20.3 Å². The number of aliphatic hydroxyl groups is 6. The number of aryl methyl sites for hydroxylation is 1. The Kier molecular flexibility index (Phi) is 11.8. The molecule has 294 valence electrons. The fraction of sp³-hybridized carbons (Fsp3) is 0.368. The van der Waals surface area contributed by atoms with Gasteiger partial charge in [0.2, 0.25) is 0 Å². The van der Waals surface area contributed by atoms with E-state index in [4.69, 9.17) is 28.1 Å². The number of ether oxygens (including phenoxy) is 5. The van der Waals surface area contributed by atoms with E-state index in [9.17, 15) is 55.5 Å². The second-order valence-corrected chi connectivity index (χ2v) is 13.1. The minimum atomic E-state index is -1.97. The van der Waals surface area contributed by atoms with Crippen molar-refractivity contribution in [3.63, 3.8) is 0 Å². The van der Waals surface area contributed by atoms with E-state index in [2.05, 4.69) is 0 Å². The van der Waals surface area contributed by atoms with Crippen molar-refractivity contribution >= 4 is 23.0 Å². The van der Waals surface area contributed by atoms with E-state index in [1.54, 1.807) is 0 Å². The molecule has 17 nitrogen and oxygen atoms in total. The second-order valence-electron chi connectivity index (χ2n) is 13.1. The summed E-state index contributed by atoms with van der Waals surface area (Å²) >= 11 is 0. The zero-order valence-electron chi connectivity index (χ0n) is 29.3. The van der Waals surface area contributed by atoms with Gasteiger partial charge in [-0.1, -0.05) is 6.07 Å². The van der Waals surface area contributed by atoms with Gasteiger partial charge in [-0.25, -0.2) is 4.79 Å². The van der Waals surface area contributed by atoms with Crippen molar-refractivity contribution in [2.45, 2.75) is 68.1 Å². The summed E-state index contributed by atoms with van der Waals surface area (Å²) in [6.45, 7) is 0.0842. The smallest absolute Gasteiger partial charge is 0.330 e. The monoisotopic (exact) mass is 768 g/mol. The lowest BCUT2D eigenvalue weighted by Crippen LogP contribution is -2.63. The molecule has 9 N–H and O–H groups in total. The minimum Gasteiger partial charge on any atom is -0.508 e. The Morgan fingerprint density at radius 2 is 1.56 bits per heavy atom. The van der Waals surface area contributed by atoms with Crippen LogP contribution in [0.5, 0.6) is 23.0 Å². The van der Waals surface area contributed by atoms with E-state index in [0.717, 1.165) is 12.1 Å². The SMILES string of the molecule is COc1cc(/C=C/C(=O)OC[C@H]2O[C@@H](O[C@@H]3[C@@H](O)[C@H](O)[C@@H](CO)O[C@H]3c3c(C)cc4oc(-c5ccc(O)cc5)cc(=O)c4c3O)[C@H](O)[C@@H](O)[C@@H]2O)ccc1O. The lowest BCUT2D eigenvalue weighted by molar-refractivity contribution is -0.342. The topological polar surface area (TPSA) is 275 Å². The summed E-state index contributed by atoms with van der Waals surface area (Å²) < 4.78 is 33.8. The number of methoxy groups -OCH3 is 1. The van der Waals surface area contributed by atoms with Gasteiger partial charge >= 0.3 is 5.97 Å². The van der Waals surface area contributed by atoms with Gasteiger partial charge in [0.05, 0.1) is 13.7 Å². The van der Waals surface area contributed by atoms with E-state index in [1.165, 1.54) is 68.6 Å². The van der Waals surface area contributed by atoms with Gasteiger partial charge in [0.15, 0.2) is 23.2 Å². The molecule has 2 aliphatic heterocycles. The highest BCUT2D eigenvalue weighted by molar-refractivity contribution is 5.88. The third-order valence-corrected chi connectivity index (χ3v) is 9.51. The van der Waals surface area contributed by atoms with Crippen LogP contribution in [0.25, 0.3) is 28.4 Å². The van der Waals surface area contributed by atoms with Crippen LogP contribution in [-0.2, 0) is 23.7 Å². The molecule has 2 fully saturated rings. The Balaban J connectivity index is 1.26. The molecule has 2 saturated heterocycles. The molecule has 3 aromatic carbocycles. The summed E-state index contributed by atoms with van der Waals surface area (Å²) in [4.78, 5) is 25.9. The molecule has 10 atom stereocenters. The molecule has 1 aromatic heterocycles. The third kappa shape index (κ3) is 8.01. The van der Waals surface area contributed by atoms with Gasteiger partial charge < -0.3 is 74.1 Å². The first-order valence-electron chi connectivity index (χ1n) is 17.0. The van der Waals surface area contributed by atoms with E-state index in [-0.39, 0.29) is 45.1 Å². The molecular weight excluding hydrogens is 728 g/mol. The Morgan fingerprint density at radius 1 is 0.855 bits per heavy atom. The fourth-order valence-electron chi connectivity index (χ4n) is 6.54. The Hall–Kier alpha value is -5.08. The normalized spacial score (nSPS) is 28.4. The van der Waals surface area contributed by atoms with Gasteiger partial charge in [-0.15, -0.1) is 0 Å². The minimum absolute atomic E-state index is 0.00363. The summed E-state index contributed by atoms with van der Waals surface area (Å²) in [5.74, 6) is -1.34. The van der Waals surface area contributed by atoms with Crippen molar-refractivity contribution < 1.29 is 78.9 Å². The standard InChI is InChI=1S/C38H40O17/c1-16-11-24-29(21(42)13-22(52-24)18-5-7-19(40)8-6-18)32(46)28(16)36-37(34(48)30(44)25(14-39)53-36)55-38-35(49)33(47)31(45)26(54-38)15-51-27(43)10-4-17-3-9-20(41)23(12-17)50-2/h3-13,25-26,30-31,33-41,44-49H,14-15H2,1-2H3/b10-4+/t25-,26-,30-,31-,33+,34+,35-,36+,37-,38+/m1/s1. The molecule has 3 heterocycles. The van der Waals surface area contributed by atoms with Gasteiger partial charge in [0.25, 0.3) is 0 Å². The highest BCUT2D eigenvalue weighted by atomic mass is 16.7. The zero-order chi connectivity index (χ0) is 39.7. The van der Waals surface area contributed by atoms with Crippen LogP contribution in [0, 0.1) is 6.92 Å². The Labute approximate surface area is 312 Å². The zero-order valence-corrected chi connectivity index (χ0v) is 29.3. The van der Waals surface area contributed by atoms with Crippen molar-refractivity contribution in [1.82, 2.24) is 0 Å². The maximum absolute atomic E-state index is 13.4. The van der Waals surface area contributed by atoms with Crippen LogP contribution in [0.2, 0.25) is 0 Å². The molecule has 0 unspecified atom stereocenters. The average Bonchev–Trinajstić information content (AvgIpc) is 3.16. The predicted molar refractivity (Wildman–Crippen MR) is 189 cm³/mol. The summed E-state index contributed by atoms with van der Waals surface area (Å²) in [7, 11) is 1.36. The molecule has 4 aromatic rings. The van der Waals surface area contributed by atoms with Crippen LogP contribution < -0.4 is 10.2 Å². The first-order valence-corrected chi connectivity index (χ1v) is 17.0. The Bertz CT molecular complexity index is 2100. The molecule has 0 bridgehead atoms. The number of phenols is 3. The highest BCUT2D eigenvalue weighted by Gasteiger charge is 2.52. The van der Waals surface area contributed by atoms with Crippen molar-refractivity contribution in [3.8, 4) is 34.3 Å². The maximum atomic E-state index is 13.4. The van der Waals surface area contributed by atoms with E-state index in [1.807, 2.05) is 0 Å². The number of hydrogen-bond donors (Lipinski definition) is 9. The Morgan fingerprint density at radius 3 is 2.25 bits per heavy atom. The number of esters is 1. The lowest BCUT2D eigenvalue weighted by atomic mass is 9.87. The van der Waals surface area contributed by atoms with Crippen LogP contribution in [0.3, 0.4) is 0 Å². The quantitative estimate of drug-likeness (QED) is 0.0785. The molecule has 0 amide bonds. The van der Waals surface area contributed by atoms with Gasteiger partial charge in [0, 0.05) is 23.3 Å². The molecule has 0 aliphatic carbocycles. The van der Waals surface area contributed by atoms with E-state index >= 15 is 0 Å². The summed E-state index contributed by atoms with van der Waals surface area (Å²) in [6.07, 6.45) is -15.0. The number of rotatable bonds is 10. The number of hydrogen-bond acceptors (Lipinski definition) is 17. The molecule has 17 heteroatoms. The number of benzene rings is 3. The fourth-order valence-corrected chi connectivity index (χ4v) is 6.54. The van der Waals surface area contributed by atoms with Gasteiger partial charge in [0.1, 0.15) is 89.8 Å². The summed E-state index contributed by atoms with van der Waals surface area (Å²) in [6, 6.07) is 12.8. The average molecular weight is 769 g/mol. The molecule has 6 rings (SSSR count). The first kappa shape index (κ1) is 39.6. The van der Waals surface area contributed by atoms with E-state index in [0.29, 0.717) is 11.1 Å². The summed E-state index contributed by atoms with van der Waals surface area (Å²) in [5.41, 5.74) is 0.380. The maximum Gasteiger partial charge on any atom is 0.330 e.